The van der Waals surface area contributed by atoms with Crippen LogP contribution in [0, 0.1) is 11.3 Å². The molecule has 0 aliphatic heterocycles. The number of halogens is 1. The van der Waals surface area contributed by atoms with Crippen molar-refractivity contribution in [1.82, 2.24) is 19.5 Å². The number of imidazole rings is 1. The highest BCUT2D eigenvalue weighted by Crippen LogP contribution is 2.68. The summed E-state index contributed by atoms with van der Waals surface area (Å²) in [7, 11) is -16.7. The van der Waals surface area contributed by atoms with Gasteiger partial charge in [0, 0.05) is 5.41 Å². The first kappa shape index (κ1) is 26.0. The summed E-state index contributed by atoms with van der Waals surface area (Å²) >= 11 is 5.87. The van der Waals surface area contributed by atoms with Crippen molar-refractivity contribution in [2.24, 2.45) is 11.3 Å². The molecule has 2 aromatic heterocycles. The lowest BCUT2D eigenvalue weighted by Crippen LogP contribution is -2.49. The van der Waals surface area contributed by atoms with E-state index >= 15 is 0 Å². The minimum atomic E-state index is -5.70. The van der Waals surface area contributed by atoms with Crippen molar-refractivity contribution >= 4 is 52.1 Å². The van der Waals surface area contributed by atoms with Crippen molar-refractivity contribution in [2.75, 3.05) is 12.3 Å². The fraction of sp³-hybridized carbons (Fsp3) is 0.615. The molecule has 0 spiro atoms. The Labute approximate surface area is 194 Å². The maximum atomic E-state index is 12.1. The number of fused-ring (bicyclic) bond motifs is 2. The molecule has 190 valence electrons. The smallest absolute Gasteiger partial charge is 0.390 e. The van der Waals surface area contributed by atoms with E-state index in [0.29, 0.717) is 6.42 Å². The molecule has 0 amide bonds. The number of nitrogen functional groups attached to an aromatic ring is 1. The first-order valence-electron chi connectivity index (χ1n) is 9.35. The number of aromatic nitrogens is 4. The van der Waals surface area contributed by atoms with E-state index in [4.69, 9.17) is 31.6 Å². The molecule has 4 rings (SSSR count). The predicted molar refractivity (Wildman–Crippen MR) is 111 cm³/mol. The lowest BCUT2D eigenvalue weighted by atomic mass is 9.60. The molecule has 2 aliphatic rings. The van der Waals surface area contributed by atoms with Crippen LogP contribution < -0.4 is 5.73 Å². The van der Waals surface area contributed by atoms with E-state index < -0.39 is 59.7 Å². The van der Waals surface area contributed by atoms with Gasteiger partial charge < -0.3 is 40.1 Å². The third-order valence-electron chi connectivity index (χ3n) is 5.99. The summed E-state index contributed by atoms with van der Waals surface area (Å²) in [5.74, 6) is -0.550. The van der Waals surface area contributed by atoms with Gasteiger partial charge in [0.1, 0.15) is 11.6 Å². The molecule has 2 saturated carbocycles. The van der Waals surface area contributed by atoms with Crippen molar-refractivity contribution in [1.29, 1.82) is 0 Å². The third kappa shape index (κ3) is 4.70. The first-order valence-corrected chi connectivity index (χ1v) is 14.3. The molecule has 34 heavy (non-hydrogen) atoms. The number of nitrogens with two attached hydrogens (primary N) is 1. The van der Waals surface area contributed by atoms with Gasteiger partial charge in [-0.1, -0.05) is 0 Å². The molecular formula is C13H19ClN5O12P3. The Morgan fingerprint density at radius 2 is 1.82 bits per heavy atom. The molecule has 2 fully saturated rings. The van der Waals surface area contributed by atoms with Crippen LogP contribution in [-0.4, -0.2) is 68.1 Å². The monoisotopic (exact) mass is 565 g/mol. The van der Waals surface area contributed by atoms with Crippen molar-refractivity contribution in [3.63, 3.8) is 0 Å². The number of nitrogens with zero attached hydrogens (tertiary/aromatic N) is 4. The normalized spacial score (nSPS) is 32.7. The van der Waals surface area contributed by atoms with E-state index in [0.717, 1.165) is 0 Å². The van der Waals surface area contributed by atoms with Gasteiger partial charge in [0.05, 0.1) is 25.1 Å². The molecule has 7 atom stereocenters. The van der Waals surface area contributed by atoms with Gasteiger partial charge in [-0.2, -0.15) is 18.6 Å². The minimum Gasteiger partial charge on any atom is -0.390 e. The second kappa shape index (κ2) is 8.53. The summed E-state index contributed by atoms with van der Waals surface area (Å²) in [6.45, 7) is -0.722. The maximum Gasteiger partial charge on any atom is 0.490 e. The quantitative estimate of drug-likeness (QED) is 0.165. The second-order valence-corrected chi connectivity index (χ2v) is 12.6. The molecule has 2 aliphatic carbocycles. The van der Waals surface area contributed by atoms with E-state index in [1.165, 1.54) is 10.9 Å². The average Bonchev–Trinajstić information content (AvgIpc) is 3.10. The summed E-state index contributed by atoms with van der Waals surface area (Å²) in [5, 5.41) is 21.4. The van der Waals surface area contributed by atoms with Gasteiger partial charge >= 0.3 is 23.5 Å². The number of hydrogen-bond acceptors (Lipinski definition) is 12. The van der Waals surface area contributed by atoms with Crippen LogP contribution in [0.3, 0.4) is 0 Å². The van der Waals surface area contributed by atoms with E-state index in [9.17, 15) is 33.7 Å². The van der Waals surface area contributed by atoms with E-state index in [1.807, 2.05) is 0 Å². The van der Waals surface area contributed by atoms with Crippen LogP contribution in [0.25, 0.3) is 11.2 Å². The first-order chi connectivity index (χ1) is 15.6. The Morgan fingerprint density at radius 3 is 2.41 bits per heavy atom. The van der Waals surface area contributed by atoms with Crippen LogP contribution >= 0.6 is 35.1 Å². The van der Waals surface area contributed by atoms with Gasteiger partial charge in [-0.25, -0.2) is 18.7 Å². The molecule has 0 aromatic carbocycles. The minimum absolute atomic E-state index is 0.00526. The van der Waals surface area contributed by atoms with E-state index in [2.05, 4.69) is 23.6 Å². The summed E-state index contributed by atoms with van der Waals surface area (Å²) < 4.78 is 48.0. The number of rotatable bonds is 8. The number of aliphatic hydroxyl groups excluding tert-OH is 2. The lowest BCUT2D eigenvalue weighted by molar-refractivity contribution is -0.0967. The van der Waals surface area contributed by atoms with Gasteiger partial charge in [0.15, 0.2) is 11.5 Å². The maximum absolute atomic E-state index is 12.1. The standard InChI is InChI=1S/C13H19ClN5O12P3/c14-12-17-10(15)6-11(18-12)19(4-16-6)7-5-1-2-13(5,9(21)8(7)20)3-29-33(25,26)31-34(27,28)30-32(22,23)24/h4-5,7-9,20-21H,1-3H2,(H,25,26)(H,27,28)(H2,15,17,18)(H2,22,23,24)/t5-,7-,8+,9+,13+/m1/s1. The Balaban J connectivity index is 1.56. The summed E-state index contributed by atoms with van der Waals surface area (Å²) in [4.78, 5) is 48.2. The largest absolute Gasteiger partial charge is 0.490 e. The summed E-state index contributed by atoms with van der Waals surface area (Å²) in [5.41, 5.74) is 4.90. The highest BCUT2D eigenvalue weighted by Gasteiger charge is 2.66. The Kier molecular flexibility index (Phi) is 6.53. The van der Waals surface area contributed by atoms with Crippen molar-refractivity contribution in [3.05, 3.63) is 11.6 Å². The Morgan fingerprint density at radius 1 is 1.15 bits per heavy atom. The van der Waals surface area contributed by atoms with Gasteiger partial charge in [-0.05, 0) is 30.4 Å². The highest BCUT2D eigenvalue weighted by molar-refractivity contribution is 7.66. The summed E-state index contributed by atoms with van der Waals surface area (Å²) in [6.07, 6.45) is -0.900. The van der Waals surface area contributed by atoms with E-state index in [-0.39, 0.29) is 28.7 Å². The number of phosphoric ester groups is 1. The van der Waals surface area contributed by atoms with Gasteiger partial charge in [0.2, 0.25) is 5.28 Å². The van der Waals surface area contributed by atoms with Crippen molar-refractivity contribution < 1.29 is 56.6 Å². The van der Waals surface area contributed by atoms with Crippen LogP contribution in [0.15, 0.2) is 6.33 Å². The zero-order valence-electron chi connectivity index (χ0n) is 16.7. The van der Waals surface area contributed by atoms with Gasteiger partial charge in [-0.15, -0.1) is 0 Å². The second-order valence-electron chi connectivity index (χ2n) is 7.87. The number of phosphoric acid groups is 3. The third-order valence-corrected chi connectivity index (χ3v) is 9.94. The topological polar surface area (TPSA) is 270 Å². The van der Waals surface area contributed by atoms with Gasteiger partial charge in [0.25, 0.3) is 0 Å². The highest BCUT2D eigenvalue weighted by atomic mass is 35.5. The van der Waals surface area contributed by atoms with Crippen molar-refractivity contribution in [2.45, 2.75) is 31.1 Å². The lowest BCUT2D eigenvalue weighted by Gasteiger charge is -2.47. The molecule has 2 aromatic rings. The van der Waals surface area contributed by atoms with Crippen LogP contribution in [0.5, 0.6) is 0 Å². The summed E-state index contributed by atoms with van der Waals surface area (Å²) in [6, 6.07) is -0.830. The average molecular weight is 566 g/mol. The Hall–Kier alpha value is -1.03. The number of hydrogen-bond donors (Lipinski definition) is 7. The van der Waals surface area contributed by atoms with Crippen LogP contribution in [0.2, 0.25) is 5.28 Å². The molecule has 0 radical (unpaired) electrons. The van der Waals surface area contributed by atoms with Crippen molar-refractivity contribution in [3.8, 4) is 0 Å². The fourth-order valence-electron chi connectivity index (χ4n) is 4.58. The number of anilines is 1. The molecule has 8 N–H and O–H groups in total. The van der Waals surface area contributed by atoms with Crippen LogP contribution in [0.1, 0.15) is 18.9 Å². The fourth-order valence-corrected chi connectivity index (χ4v) is 7.85. The zero-order chi connectivity index (χ0) is 25.3. The predicted octanol–water partition coefficient (Wildman–Crippen LogP) is 0.0781. The van der Waals surface area contributed by atoms with E-state index in [1.54, 1.807) is 0 Å². The molecule has 0 saturated heterocycles. The SMILES string of the molecule is Nc1nc(Cl)nc2c1ncn2[C@H]1[C@H](O)[C@H](O)[C@]2(COP(=O)(O)OP(=O)(O)OP(=O)(O)O)CC[C@H]12. The van der Waals surface area contributed by atoms with Gasteiger partial charge in [-0.3, -0.25) is 4.52 Å². The molecule has 2 unspecified atom stereocenters. The zero-order valence-corrected chi connectivity index (χ0v) is 20.2. The van der Waals surface area contributed by atoms with Crippen LogP contribution in [-0.2, 0) is 26.8 Å². The van der Waals surface area contributed by atoms with Crippen LogP contribution in [0.4, 0.5) is 5.82 Å². The Bertz CT molecular complexity index is 1270. The molecule has 0 bridgehead atoms. The molecule has 21 heteroatoms. The molecular weight excluding hydrogens is 547 g/mol. The molecule has 2 heterocycles. The molecule has 17 nitrogen and oxygen atoms in total. The number of aliphatic hydroxyl groups is 2.